The van der Waals surface area contributed by atoms with Crippen LogP contribution >= 0.6 is 23.2 Å². The smallest absolute Gasteiger partial charge is 0.252 e. The van der Waals surface area contributed by atoms with Gasteiger partial charge in [-0.2, -0.15) is 0 Å². The van der Waals surface area contributed by atoms with Crippen LogP contribution in [-0.4, -0.2) is 25.9 Å². The SMILES string of the molecule is O=C(NCC(c1cccnc1)S(=O)(=O)c1ccc(Cl)cc1)c1ccccc1Cl. The van der Waals surface area contributed by atoms with Crippen LogP contribution in [0.25, 0.3) is 0 Å². The second kappa shape index (κ2) is 8.73. The molecule has 8 heteroatoms. The molecule has 1 amide bonds. The summed E-state index contributed by atoms with van der Waals surface area (Å²) in [5.74, 6) is -0.453. The van der Waals surface area contributed by atoms with Crippen molar-refractivity contribution < 1.29 is 13.2 Å². The molecular weight excluding hydrogens is 419 g/mol. The first-order valence-electron chi connectivity index (χ1n) is 8.31. The van der Waals surface area contributed by atoms with Gasteiger partial charge in [0.25, 0.3) is 5.91 Å². The van der Waals surface area contributed by atoms with Crippen LogP contribution in [-0.2, 0) is 9.84 Å². The van der Waals surface area contributed by atoms with Gasteiger partial charge in [0.2, 0.25) is 0 Å². The average Bonchev–Trinajstić information content (AvgIpc) is 2.69. The lowest BCUT2D eigenvalue weighted by atomic mass is 10.2. The Labute approximate surface area is 173 Å². The molecule has 28 heavy (non-hydrogen) atoms. The highest BCUT2D eigenvalue weighted by molar-refractivity contribution is 7.91. The molecule has 0 fully saturated rings. The number of hydrogen-bond acceptors (Lipinski definition) is 4. The third-order valence-electron chi connectivity index (χ3n) is 4.14. The number of rotatable bonds is 6. The predicted octanol–water partition coefficient (Wildman–Crippen LogP) is 4.33. The molecule has 1 unspecified atom stereocenters. The second-order valence-corrected chi connectivity index (χ2v) is 8.94. The van der Waals surface area contributed by atoms with Crippen molar-refractivity contribution in [3.8, 4) is 0 Å². The molecule has 3 rings (SSSR count). The molecule has 1 atom stereocenters. The molecule has 0 saturated heterocycles. The molecule has 0 radical (unpaired) electrons. The molecule has 5 nitrogen and oxygen atoms in total. The molecule has 144 valence electrons. The van der Waals surface area contributed by atoms with Gasteiger partial charge in [0, 0.05) is 24.0 Å². The minimum absolute atomic E-state index is 0.109. The molecule has 0 aliphatic heterocycles. The number of nitrogens with zero attached hydrogens (tertiary/aromatic N) is 1. The van der Waals surface area contributed by atoms with Gasteiger partial charge in [0.05, 0.1) is 15.5 Å². The zero-order chi connectivity index (χ0) is 20.1. The topological polar surface area (TPSA) is 76.1 Å². The molecule has 0 bridgehead atoms. The summed E-state index contributed by atoms with van der Waals surface area (Å²) in [6.45, 7) is -0.138. The summed E-state index contributed by atoms with van der Waals surface area (Å²) in [6, 6.07) is 15.8. The molecule has 2 aromatic carbocycles. The maximum atomic E-state index is 13.2. The van der Waals surface area contributed by atoms with Crippen LogP contribution in [0, 0.1) is 0 Å². The Morgan fingerprint density at radius 1 is 1.00 bits per heavy atom. The van der Waals surface area contributed by atoms with Crippen LogP contribution in [0.15, 0.2) is 78.0 Å². The van der Waals surface area contributed by atoms with E-state index < -0.39 is 21.0 Å². The standard InChI is InChI=1S/C20H16Cl2N2O3S/c21-15-7-9-16(10-8-15)28(26,27)19(14-4-3-11-23-12-14)13-24-20(25)17-5-1-2-6-18(17)22/h1-12,19H,13H2,(H,24,25). The van der Waals surface area contributed by atoms with Crippen molar-refractivity contribution in [2.75, 3.05) is 6.54 Å². The molecule has 0 spiro atoms. The number of amides is 1. The van der Waals surface area contributed by atoms with E-state index in [0.29, 0.717) is 15.6 Å². The number of halogens is 2. The maximum Gasteiger partial charge on any atom is 0.252 e. The zero-order valence-electron chi connectivity index (χ0n) is 14.5. The maximum absolute atomic E-state index is 13.2. The van der Waals surface area contributed by atoms with Crippen LogP contribution < -0.4 is 5.32 Å². The van der Waals surface area contributed by atoms with E-state index in [4.69, 9.17) is 23.2 Å². The van der Waals surface area contributed by atoms with E-state index in [9.17, 15) is 13.2 Å². The Kier molecular flexibility index (Phi) is 6.34. The lowest BCUT2D eigenvalue weighted by Crippen LogP contribution is -2.32. The summed E-state index contributed by atoms with van der Waals surface area (Å²) in [5.41, 5.74) is 0.745. The average molecular weight is 435 g/mol. The molecule has 1 aromatic heterocycles. The van der Waals surface area contributed by atoms with Crippen LogP contribution in [0.2, 0.25) is 10.0 Å². The molecule has 1 heterocycles. The van der Waals surface area contributed by atoms with E-state index >= 15 is 0 Å². The molecule has 0 aliphatic carbocycles. The van der Waals surface area contributed by atoms with E-state index in [1.165, 1.54) is 30.5 Å². The highest BCUT2D eigenvalue weighted by Gasteiger charge is 2.30. The molecule has 3 aromatic rings. The van der Waals surface area contributed by atoms with Crippen LogP contribution in [0.4, 0.5) is 0 Å². The van der Waals surface area contributed by atoms with Crippen molar-refractivity contribution in [1.82, 2.24) is 10.3 Å². The molecule has 1 N–H and O–H groups in total. The van der Waals surface area contributed by atoms with E-state index in [1.54, 1.807) is 42.6 Å². The largest absolute Gasteiger partial charge is 0.350 e. The Morgan fingerprint density at radius 3 is 2.36 bits per heavy atom. The third-order valence-corrected chi connectivity index (χ3v) is 6.84. The van der Waals surface area contributed by atoms with E-state index in [0.717, 1.165) is 0 Å². The van der Waals surface area contributed by atoms with Crippen LogP contribution in [0.5, 0.6) is 0 Å². The fourth-order valence-electron chi connectivity index (χ4n) is 2.69. The first kappa shape index (κ1) is 20.3. The Hall–Kier alpha value is -2.41. The number of nitrogens with one attached hydrogen (secondary N) is 1. The number of carbonyl (C=O) groups excluding carboxylic acids is 1. The number of pyridine rings is 1. The first-order chi connectivity index (χ1) is 13.4. The summed E-state index contributed by atoms with van der Waals surface area (Å²) in [6.07, 6.45) is 3.03. The molecular formula is C20H16Cl2N2O3S. The van der Waals surface area contributed by atoms with Gasteiger partial charge in [-0.15, -0.1) is 0 Å². The summed E-state index contributed by atoms with van der Waals surface area (Å²) in [4.78, 5) is 16.6. The number of hydrogen-bond donors (Lipinski definition) is 1. The third kappa shape index (κ3) is 4.52. The summed E-state index contributed by atoms with van der Waals surface area (Å²) >= 11 is 11.9. The van der Waals surface area contributed by atoms with E-state index in [2.05, 4.69) is 10.3 Å². The highest BCUT2D eigenvalue weighted by Crippen LogP contribution is 2.29. The van der Waals surface area contributed by atoms with Crippen LogP contribution in [0.1, 0.15) is 21.2 Å². The summed E-state index contributed by atoms with van der Waals surface area (Å²) < 4.78 is 26.4. The second-order valence-electron chi connectivity index (χ2n) is 5.96. The van der Waals surface area contributed by atoms with E-state index in [-0.39, 0.29) is 17.0 Å². The number of sulfone groups is 1. The van der Waals surface area contributed by atoms with E-state index in [1.807, 2.05) is 0 Å². The normalized spacial score (nSPS) is 12.4. The number of aromatic nitrogens is 1. The quantitative estimate of drug-likeness (QED) is 0.625. The Morgan fingerprint density at radius 2 is 1.71 bits per heavy atom. The highest BCUT2D eigenvalue weighted by atomic mass is 35.5. The van der Waals surface area contributed by atoms with Crippen LogP contribution in [0.3, 0.4) is 0 Å². The van der Waals surface area contributed by atoms with Gasteiger partial charge in [0.15, 0.2) is 9.84 Å². The minimum Gasteiger partial charge on any atom is -0.350 e. The van der Waals surface area contributed by atoms with Gasteiger partial charge in [-0.05, 0) is 48.0 Å². The minimum atomic E-state index is -3.81. The number of benzene rings is 2. The van der Waals surface area contributed by atoms with Crippen molar-refractivity contribution >= 4 is 38.9 Å². The lowest BCUT2D eigenvalue weighted by molar-refractivity contribution is 0.0954. The van der Waals surface area contributed by atoms with Crippen molar-refractivity contribution in [3.63, 3.8) is 0 Å². The van der Waals surface area contributed by atoms with Gasteiger partial charge in [-0.3, -0.25) is 9.78 Å². The Balaban J connectivity index is 1.91. The molecule has 0 aliphatic rings. The van der Waals surface area contributed by atoms with Crippen molar-refractivity contribution in [2.24, 2.45) is 0 Å². The van der Waals surface area contributed by atoms with Gasteiger partial charge in [-0.1, -0.05) is 41.4 Å². The molecule has 0 saturated carbocycles. The monoisotopic (exact) mass is 434 g/mol. The van der Waals surface area contributed by atoms with Gasteiger partial charge >= 0.3 is 0 Å². The fraction of sp³-hybridized carbons (Fsp3) is 0.100. The first-order valence-corrected chi connectivity index (χ1v) is 10.6. The Bertz CT molecular complexity index is 1070. The predicted molar refractivity (Wildman–Crippen MR) is 109 cm³/mol. The van der Waals surface area contributed by atoms with Crippen molar-refractivity contribution in [1.29, 1.82) is 0 Å². The van der Waals surface area contributed by atoms with Gasteiger partial charge in [0.1, 0.15) is 5.25 Å². The fourth-order valence-corrected chi connectivity index (χ4v) is 4.68. The summed E-state index contributed by atoms with van der Waals surface area (Å²) in [7, 11) is -3.81. The lowest BCUT2D eigenvalue weighted by Gasteiger charge is -2.19. The number of carbonyl (C=O) groups is 1. The van der Waals surface area contributed by atoms with Crippen molar-refractivity contribution in [3.05, 3.63) is 94.2 Å². The zero-order valence-corrected chi connectivity index (χ0v) is 16.9. The summed E-state index contributed by atoms with van der Waals surface area (Å²) in [5, 5.41) is 2.37. The van der Waals surface area contributed by atoms with Crippen molar-refractivity contribution in [2.45, 2.75) is 10.1 Å². The van der Waals surface area contributed by atoms with Gasteiger partial charge in [-0.25, -0.2) is 8.42 Å². The van der Waals surface area contributed by atoms with Gasteiger partial charge < -0.3 is 5.32 Å².